The summed E-state index contributed by atoms with van der Waals surface area (Å²) in [6, 6.07) is 14.1. The fourth-order valence-corrected chi connectivity index (χ4v) is 3.37. The lowest BCUT2D eigenvalue weighted by molar-refractivity contribution is -0.118. The average molecular weight is 371 g/mol. The molecule has 0 fully saturated rings. The molecular formula is C21H26N2O2S. The van der Waals surface area contributed by atoms with Gasteiger partial charge in [-0.2, -0.15) is 5.10 Å². The molecule has 0 aliphatic carbocycles. The number of carbonyl (C=O) groups is 1. The van der Waals surface area contributed by atoms with Crippen LogP contribution in [-0.2, 0) is 10.5 Å². The molecule has 2 rings (SSSR count). The van der Waals surface area contributed by atoms with Gasteiger partial charge in [-0.1, -0.05) is 29.3 Å². The van der Waals surface area contributed by atoms with Crippen molar-refractivity contribution < 1.29 is 9.53 Å². The van der Waals surface area contributed by atoms with Crippen molar-refractivity contribution in [1.82, 2.24) is 5.43 Å². The highest BCUT2D eigenvalue weighted by atomic mass is 32.2. The van der Waals surface area contributed by atoms with Crippen LogP contribution in [0.2, 0.25) is 0 Å². The Morgan fingerprint density at radius 1 is 1.12 bits per heavy atom. The second-order valence-electron chi connectivity index (χ2n) is 6.18. The zero-order chi connectivity index (χ0) is 18.9. The van der Waals surface area contributed by atoms with E-state index in [-0.39, 0.29) is 5.91 Å². The Morgan fingerprint density at radius 2 is 1.77 bits per heavy atom. The van der Waals surface area contributed by atoms with Crippen LogP contribution in [0.15, 0.2) is 47.6 Å². The van der Waals surface area contributed by atoms with Crippen LogP contribution in [0, 0.1) is 13.8 Å². The number of nitrogens with zero attached hydrogens (tertiary/aromatic N) is 1. The Morgan fingerprint density at radius 3 is 2.38 bits per heavy atom. The first-order valence-electron chi connectivity index (χ1n) is 8.69. The van der Waals surface area contributed by atoms with Crippen molar-refractivity contribution in [1.29, 1.82) is 0 Å². The second-order valence-corrected chi connectivity index (χ2v) is 7.16. The number of carbonyl (C=O) groups excluding carboxylic acids is 1. The fourth-order valence-electron chi connectivity index (χ4n) is 2.62. The van der Waals surface area contributed by atoms with Gasteiger partial charge in [0, 0.05) is 5.75 Å². The number of thioether (sulfide) groups is 1. The topological polar surface area (TPSA) is 50.7 Å². The number of amides is 1. The van der Waals surface area contributed by atoms with E-state index >= 15 is 0 Å². The molecule has 0 saturated heterocycles. The van der Waals surface area contributed by atoms with Gasteiger partial charge in [-0.15, -0.1) is 11.8 Å². The quantitative estimate of drug-likeness (QED) is 0.551. The molecule has 2 aromatic rings. The van der Waals surface area contributed by atoms with E-state index in [0.29, 0.717) is 12.4 Å². The van der Waals surface area contributed by atoms with E-state index in [1.165, 1.54) is 16.7 Å². The molecule has 0 heterocycles. The van der Waals surface area contributed by atoms with Crippen LogP contribution in [0.3, 0.4) is 0 Å². The van der Waals surface area contributed by atoms with Crippen LogP contribution in [-0.4, -0.2) is 24.0 Å². The minimum Gasteiger partial charge on any atom is -0.494 e. The molecule has 0 atom stereocenters. The lowest BCUT2D eigenvalue weighted by atomic mass is 10.1. The van der Waals surface area contributed by atoms with Crippen molar-refractivity contribution in [2.24, 2.45) is 5.10 Å². The van der Waals surface area contributed by atoms with Crippen LogP contribution in [0.1, 0.15) is 36.1 Å². The van der Waals surface area contributed by atoms with Crippen LogP contribution in [0.5, 0.6) is 5.75 Å². The highest BCUT2D eigenvalue weighted by Gasteiger charge is 2.04. The minimum absolute atomic E-state index is 0.0929. The van der Waals surface area contributed by atoms with Gasteiger partial charge in [-0.3, -0.25) is 4.79 Å². The summed E-state index contributed by atoms with van der Waals surface area (Å²) in [5.74, 6) is 1.94. The number of hydrazone groups is 1. The lowest BCUT2D eigenvalue weighted by Gasteiger charge is -2.06. The van der Waals surface area contributed by atoms with Gasteiger partial charge in [0.05, 0.1) is 18.1 Å². The van der Waals surface area contributed by atoms with Gasteiger partial charge in [0.2, 0.25) is 5.91 Å². The molecule has 4 nitrogen and oxygen atoms in total. The zero-order valence-electron chi connectivity index (χ0n) is 15.8. The number of ether oxygens (including phenoxy) is 1. The molecule has 26 heavy (non-hydrogen) atoms. The Bertz CT molecular complexity index is 750. The van der Waals surface area contributed by atoms with Crippen molar-refractivity contribution in [3.8, 4) is 5.75 Å². The first kappa shape index (κ1) is 20.0. The number of hydrogen-bond acceptors (Lipinski definition) is 4. The normalized spacial score (nSPS) is 11.3. The van der Waals surface area contributed by atoms with Crippen LogP contribution < -0.4 is 10.2 Å². The van der Waals surface area contributed by atoms with Gasteiger partial charge in [-0.05, 0) is 63.1 Å². The summed E-state index contributed by atoms with van der Waals surface area (Å²) < 4.78 is 5.42. The summed E-state index contributed by atoms with van der Waals surface area (Å²) in [4.78, 5) is 12.0. The van der Waals surface area contributed by atoms with Gasteiger partial charge in [0.15, 0.2) is 0 Å². The maximum atomic E-state index is 12.0. The molecule has 1 N–H and O–H groups in total. The van der Waals surface area contributed by atoms with Crippen LogP contribution in [0.4, 0.5) is 0 Å². The molecule has 0 spiro atoms. The summed E-state index contributed by atoms with van der Waals surface area (Å²) >= 11 is 1.59. The van der Waals surface area contributed by atoms with E-state index in [0.717, 1.165) is 22.8 Å². The molecule has 0 aliphatic rings. The van der Waals surface area contributed by atoms with Gasteiger partial charge in [-0.25, -0.2) is 5.43 Å². The van der Waals surface area contributed by atoms with Crippen LogP contribution >= 0.6 is 11.8 Å². The van der Waals surface area contributed by atoms with Crippen molar-refractivity contribution in [3.63, 3.8) is 0 Å². The number of benzene rings is 2. The summed E-state index contributed by atoms with van der Waals surface area (Å²) in [5, 5.41) is 4.19. The summed E-state index contributed by atoms with van der Waals surface area (Å²) in [5.41, 5.74) is 8.09. The first-order chi connectivity index (χ1) is 12.5. The summed E-state index contributed by atoms with van der Waals surface area (Å²) in [7, 11) is 0. The van der Waals surface area contributed by atoms with Crippen molar-refractivity contribution in [2.75, 3.05) is 12.4 Å². The van der Waals surface area contributed by atoms with E-state index in [1.807, 2.05) is 38.1 Å². The number of rotatable bonds is 8. The van der Waals surface area contributed by atoms with E-state index in [9.17, 15) is 4.79 Å². The minimum atomic E-state index is -0.0929. The fraction of sp³-hybridized carbons (Fsp3) is 0.333. The number of nitrogens with one attached hydrogen (secondary N) is 1. The van der Waals surface area contributed by atoms with Crippen molar-refractivity contribution >= 4 is 23.4 Å². The largest absolute Gasteiger partial charge is 0.494 e. The van der Waals surface area contributed by atoms with E-state index < -0.39 is 0 Å². The zero-order valence-corrected chi connectivity index (χ0v) is 16.7. The number of hydrogen-bond donors (Lipinski definition) is 1. The summed E-state index contributed by atoms with van der Waals surface area (Å²) in [6.45, 7) is 8.65. The molecule has 0 aromatic heterocycles. The predicted molar refractivity (Wildman–Crippen MR) is 110 cm³/mol. The smallest absolute Gasteiger partial charge is 0.250 e. The third-order valence-corrected chi connectivity index (χ3v) is 4.72. The van der Waals surface area contributed by atoms with Gasteiger partial charge >= 0.3 is 0 Å². The molecule has 138 valence electrons. The molecule has 2 aromatic carbocycles. The third kappa shape index (κ3) is 6.56. The van der Waals surface area contributed by atoms with Crippen LogP contribution in [0.25, 0.3) is 0 Å². The molecule has 0 aliphatic heterocycles. The van der Waals surface area contributed by atoms with Gasteiger partial charge in [0.1, 0.15) is 5.75 Å². The van der Waals surface area contributed by atoms with E-state index in [1.54, 1.807) is 11.8 Å². The standard InChI is InChI=1S/C21H26N2O2S/c1-5-25-20-8-6-19(7-9-20)17(4)22-23-21(24)14-26-13-18-11-15(2)10-16(3)12-18/h6-12H,5,13-14H2,1-4H3,(H,23,24)/b22-17+. The molecule has 0 bridgehead atoms. The lowest BCUT2D eigenvalue weighted by Crippen LogP contribution is -2.21. The Labute approximate surface area is 160 Å². The molecule has 5 heteroatoms. The molecule has 0 radical (unpaired) electrons. The monoisotopic (exact) mass is 370 g/mol. The second kappa shape index (κ2) is 10.0. The Balaban J connectivity index is 1.80. The summed E-state index contributed by atoms with van der Waals surface area (Å²) in [6.07, 6.45) is 0. The highest BCUT2D eigenvalue weighted by Crippen LogP contribution is 2.16. The Hall–Kier alpha value is -2.27. The van der Waals surface area contributed by atoms with Gasteiger partial charge < -0.3 is 4.74 Å². The molecule has 1 amide bonds. The third-order valence-electron chi connectivity index (χ3n) is 3.71. The Kier molecular flexibility index (Phi) is 7.73. The molecular weight excluding hydrogens is 344 g/mol. The highest BCUT2D eigenvalue weighted by molar-refractivity contribution is 7.99. The predicted octanol–water partition coefficient (Wildman–Crippen LogP) is 4.48. The molecule has 0 unspecified atom stereocenters. The van der Waals surface area contributed by atoms with Crippen molar-refractivity contribution in [3.05, 3.63) is 64.7 Å². The average Bonchev–Trinajstić information content (AvgIpc) is 2.60. The van der Waals surface area contributed by atoms with Crippen molar-refractivity contribution in [2.45, 2.75) is 33.4 Å². The maximum absolute atomic E-state index is 12.0. The maximum Gasteiger partial charge on any atom is 0.250 e. The van der Waals surface area contributed by atoms with Gasteiger partial charge in [0.25, 0.3) is 0 Å². The first-order valence-corrected chi connectivity index (χ1v) is 9.84. The molecule has 0 saturated carbocycles. The number of aryl methyl sites for hydroxylation is 2. The van der Waals surface area contributed by atoms with E-state index in [2.05, 4.69) is 42.6 Å². The van der Waals surface area contributed by atoms with E-state index in [4.69, 9.17) is 4.74 Å². The SMILES string of the molecule is CCOc1ccc(/C(C)=N/NC(=O)CSCc2cc(C)cc(C)c2)cc1.